The van der Waals surface area contributed by atoms with E-state index in [1.165, 1.54) is 0 Å². The van der Waals surface area contributed by atoms with Gasteiger partial charge in [-0.25, -0.2) is 9.97 Å². The van der Waals surface area contributed by atoms with Crippen molar-refractivity contribution in [3.8, 4) is 22.8 Å². The lowest BCUT2D eigenvalue weighted by molar-refractivity contribution is -0.119. The Kier molecular flexibility index (Phi) is 2.82. The molecular weight excluding hydrogens is 306 g/mol. The van der Waals surface area contributed by atoms with Gasteiger partial charge in [0.15, 0.2) is 5.82 Å². The zero-order valence-electron chi connectivity index (χ0n) is 12.7. The molecule has 5 rings (SSSR count). The van der Waals surface area contributed by atoms with E-state index in [1.807, 2.05) is 12.1 Å². The van der Waals surface area contributed by atoms with Crippen molar-refractivity contribution in [3.63, 3.8) is 0 Å². The highest BCUT2D eigenvalue weighted by Gasteiger charge is 2.61. The molecule has 0 amide bonds. The van der Waals surface area contributed by atoms with E-state index in [0.29, 0.717) is 41.2 Å². The topological polar surface area (TPSA) is 94.7 Å². The van der Waals surface area contributed by atoms with Crippen LogP contribution >= 0.6 is 0 Å². The van der Waals surface area contributed by atoms with Crippen LogP contribution in [0.2, 0.25) is 0 Å². The number of pyridine rings is 1. The van der Waals surface area contributed by atoms with Crippen LogP contribution < -0.4 is 0 Å². The van der Waals surface area contributed by atoms with E-state index in [-0.39, 0.29) is 11.8 Å². The van der Waals surface area contributed by atoms with Crippen molar-refractivity contribution < 1.29 is 9.32 Å². The summed E-state index contributed by atoms with van der Waals surface area (Å²) in [4.78, 5) is 28.9. The number of fused-ring (bicyclic) bond motifs is 1. The fraction of sp³-hybridized carbons (Fsp3) is 0.294. The van der Waals surface area contributed by atoms with Gasteiger partial charge >= 0.3 is 0 Å². The Hall–Kier alpha value is -2.96. The third-order valence-corrected chi connectivity index (χ3v) is 4.82. The summed E-state index contributed by atoms with van der Waals surface area (Å²) in [6, 6.07) is 3.74. The van der Waals surface area contributed by atoms with E-state index < -0.39 is 0 Å². The van der Waals surface area contributed by atoms with Crippen LogP contribution in [0.5, 0.6) is 0 Å². The molecule has 0 radical (unpaired) electrons. The second kappa shape index (κ2) is 5.02. The maximum atomic E-state index is 11.7. The van der Waals surface area contributed by atoms with E-state index in [4.69, 9.17) is 4.52 Å². The molecule has 0 aromatic carbocycles. The number of Topliss-reactive ketones (excluding diaryl/α,β-unsaturated/α-hetero) is 1. The Bertz CT molecular complexity index is 906. The second-order valence-corrected chi connectivity index (χ2v) is 6.21. The Morgan fingerprint density at radius 1 is 1.04 bits per heavy atom. The minimum atomic E-state index is 0.0995. The summed E-state index contributed by atoms with van der Waals surface area (Å²) in [7, 11) is 0. The molecular formula is C17H13N5O2. The SMILES string of the molecule is O=C1CCC2C1C2c1nc(-c2cnc(-c3cccnc3)nc2)no1. The van der Waals surface area contributed by atoms with Crippen molar-refractivity contribution in [2.75, 3.05) is 0 Å². The normalized spacial score (nSPS) is 24.8. The van der Waals surface area contributed by atoms with Crippen LogP contribution in [0.1, 0.15) is 24.7 Å². The van der Waals surface area contributed by atoms with Crippen molar-refractivity contribution in [3.05, 3.63) is 42.8 Å². The van der Waals surface area contributed by atoms with Crippen LogP contribution in [0.15, 0.2) is 41.4 Å². The van der Waals surface area contributed by atoms with Crippen molar-refractivity contribution in [2.24, 2.45) is 11.8 Å². The van der Waals surface area contributed by atoms with Gasteiger partial charge in [0.2, 0.25) is 11.7 Å². The molecule has 2 saturated carbocycles. The van der Waals surface area contributed by atoms with E-state index in [1.54, 1.807) is 24.8 Å². The molecule has 0 bridgehead atoms. The predicted molar refractivity (Wildman–Crippen MR) is 82.5 cm³/mol. The number of carbonyl (C=O) groups excluding carboxylic acids is 1. The third-order valence-electron chi connectivity index (χ3n) is 4.82. The summed E-state index contributed by atoms with van der Waals surface area (Å²) in [5, 5.41) is 4.01. The average Bonchev–Trinajstić information content (AvgIpc) is 2.96. The van der Waals surface area contributed by atoms with Gasteiger partial charge in [-0.1, -0.05) is 5.16 Å². The molecule has 2 aliphatic rings. The molecule has 3 aromatic rings. The van der Waals surface area contributed by atoms with Crippen LogP contribution in [0.3, 0.4) is 0 Å². The van der Waals surface area contributed by atoms with Crippen molar-refractivity contribution in [2.45, 2.75) is 18.8 Å². The van der Waals surface area contributed by atoms with Gasteiger partial charge in [-0.15, -0.1) is 0 Å². The van der Waals surface area contributed by atoms with Crippen LogP contribution in [-0.2, 0) is 4.79 Å². The number of nitrogens with zero attached hydrogens (tertiary/aromatic N) is 5. The highest BCUT2D eigenvalue weighted by Crippen LogP contribution is 2.60. The number of rotatable bonds is 3. The minimum Gasteiger partial charge on any atom is -0.339 e. The highest BCUT2D eigenvalue weighted by atomic mass is 16.5. The zero-order valence-corrected chi connectivity index (χ0v) is 12.7. The minimum absolute atomic E-state index is 0.0995. The molecule has 2 fully saturated rings. The monoisotopic (exact) mass is 319 g/mol. The molecule has 24 heavy (non-hydrogen) atoms. The van der Waals surface area contributed by atoms with Gasteiger partial charge in [-0.3, -0.25) is 9.78 Å². The van der Waals surface area contributed by atoms with Crippen molar-refractivity contribution >= 4 is 5.78 Å². The van der Waals surface area contributed by atoms with Gasteiger partial charge in [0.05, 0.1) is 11.5 Å². The van der Waals surface area contributed by atoms with Crippen LogP contribution in [0.4, 0.5) is 0 Å². The Labute approximate surface area is 137 Å². The smallest absolute Gasteiger partial charge is 0.231 e. The molecule has 7 heteroatoms. The van der Waals surface area contributed by atoms with E-state index >= 15 is 0 Å². The molecule has 0 saturated heterocycles. The predicted octanol–water partition coefficient (Wildman–Crippen LogP) is 2.28. The first kappa shape index (κ1) is 13.5. The van der Waals surface area contributed by atoms with E-state index in [2.05, 4.69) is 25.1 Å². The maximum absolute atomic E-state index is 11.7. The summed E-state index contributed by atoms with van der Waals surface area (Å²) < 4.78 is 5.36. The number of carbonyl (C=O) groups is 1. The largest absolute Gasteiger partial charge is 0.339 e. The number of hydrogen-bond donors (Lipinski definition) is 0. The maximum Gasteiger partial charge on any atom is 0.231 e. The molecule has 3 heterocycles. The number of hydrogen-bond acceptors (Lipinski definition) is 7. The zero-order chi connectivity index (χ0) is 16.1. The van der Waals surface area contributed by atoms with Crippen LogP contribution in [-0.4, -0.2) is 30.9 Å². The van der Waals surface area contributed by atoms with E-state index in [9.17, 15) is 4.79 Å². The fourth-order valence-electron chi connectivity index (χ4n) is 3.56. The van der Waals surface area contributed by atoms with Crippen LogP contribution in [0.25, 0.3) is 22.8 Å². The van der Waals surface area contributed by atoms with Crippen molar-refractivity contribution in [1.82, 2.24) is 25.1 Å². The van der Waals surface area contributed by atoms with Gasteiger partial charge < -0.3 is 4.52 Å². The Balaban J connectivity index is 1.39. The van der Waals surface area contributed by atoms with Gasteiger partial charge in [-0.2, -0.15) is 4.98 Å². The molecule has 3 atom stereocenters. The summed E-state index contributed by atoms with van der Waals surface area (Å²) in [6.45, 7) is 0. The molecule has 118 valence electrons. The fourth-order valence-corrected chi connectivity index (χ4v) is 3.56. The quantitative estimate of drug-likeness (QED) is 0.730. The highest BCUT2D eigenvalue weighted by molar-refractivity contribution is 5.88. The summed E-state index contributed by atoms with van der Waals surface area (Å²) >= 11 is 0. The molecule has 0 aliphatic heterocycles. The first-order valence-corrected chi connectivity index (χ1v) is 7.90. The summed E-state index contributed by atoms with van der Waals surface area (Å²) in [5.41, 5.74) is 1.54. The molecule has 7 nitrogen and oxygen atoms in total. The van der Waals surface area contributed by atoms with E-state index in [0.717, 1.165) is 12.0 Å². The molecule has 2 aliphatic carbocycles. The lowest BCUT2D eigenvalue weighted by Crippen LogP contribution is -1.98. The summed E-state index contributed by atoms with van der Waals surface area (Å²) in [5.74, 6) is 2.55. The standard InChI is InChI=1S/C17H13N5O2/c23-12-4-3-11-13(12)14(11)17-21-16(22-24-17)10-7-19-15(20-8-10)9-2-1-5-18-6-9/h1-2,5-8,11,13-14H,3-4H2. The Morgan fingerprint density at radius 3 is 2.62 bits per heavy atom. The number of ketones is 1. The second-order valence-electron chi connectivity index (χ2n) is 6.21. The average molecular weight is 319 g/mol. The molecule has 3 unspecified atom stereocenters. The van der Waals surface area contributed by atoms with Crippen LogP contribution in [0, 0.1) is 11.8 Å². The lowest BCUT2D eigenvalue weighted by Gasteiger charge is -1.99. The summed E-state index contributed by atoms with van der Waals surface area (Å²) in [6.07, 6.45) is 8.39. The van der Waals surface area contributed by atoms with Crippen molar-refractivity contribution in [1.29, 1.82) is 0 Å². The van der Waals surface area contributed by atoms with Gasteiger partial charge in [0.25, 0.3) is 0 Å². The molecule has 0 spiro atoms. The lowest BCUT2D eigenvalue weighted by atomic mass is 10.1. The third kappa shape index (κ3) is 2.05. The van der Waals surface area contributed by atoms with Gasteiger partial charge in [0, 0.05) is 42.7 Å². The first-order chi connectivity index (χ1) is 11.8. The Morgan fingerprint density at radius 2 is 1.92 bits per heavy atom. The molecule has 0 N–H and O–H groups in total. The first-order valence-electron chi connectivity index (χ1n) is 7.90. The molecule has 3 aromatic heterocycles. The number of aromatic nitrogens is 5. The van der Waals surface area contributed by atoms with Gasteiger partial charge in [-0.05, 0) is 24.5 Å². The van der Waals surface area contributed by atoms with Gasteiger partial charge in [0.1, 0.15) is 5.78 Å².